The minimum absolute atomic E-state index is 0.0681. The van der Waals surface area contributed by atoms with Crippen LogP contribution in [-0.2, 0) is 14.8 Å². The van der Waals surface area contributed by atoms with Crippen molar-refractivity contribution in [1.29, 1.82) is 0 Å². The van der Waals surface area contributed by atoms with Gasteiger partial charge < -0.3 is 5.32 Å². The number of hydrogen-bond donors (Lipinski definition) is 1. The van der Waals surface area contributed by atoms with Crippen molar-refractivity contribution in [3.63, 3.8) is 0 Å². The summed E-state index contributed by atoms with van der Waals surface area (Å²) in [5.41, 5.74) is 0.860. The van der Waals surface area contributed by atoms with Crippen molar-refractivity contribution in [3.8, 4) is 0 Å². The van der Waals surface area contributed by atoms with Gasteiger partial charge in [0.1, 0.15) is 11.4 Å². The van der Waals surface area contributed by atoms with Gasteiger partial charge in [0.05, 0.1) is 5.56 Å². The standard InChI is InChI=1S/C20H20N2O5S/c1-13(2)11-19(24)21-15-9-7-14(8-10-15)17(23)12-22-20(25)16-5-3-4-6-18(16)28(22,26)27/h3-10,13H,11-12H2,1-2H3,(H,21,24). The number of ketones is 1. The zero-order chi connectivity index (χ0) is 20.5. The maximum absolute atomic E-state index is 12.5. The summed E-state index contributed by atoms with van der Waals surface area (Å²) in [4.78, 5) is 36.6. The van der Waals surface area contributed by atoms with Crippen LogP contribution in [0.25, 0.3) is 0 Å². The molecule has 7 nitrogen and oxygen atoms in total. The predicted octanol–water partition coefficient (Wildman–Crippen LogP) is 2.70. The average Bonchev–Trinajstić information content (AvgIpc) is 2.83. The van der Waals surface area contributed by atoms with Crippen LogP contribution in [0, 0.1) is 5.92 Å². The summed E-state index contributed by atoms with van der Waals surface area (Å²) < 4.78 is 25.7. The molecule has 28 heavy (non-hydrogen) atoms. The van der Waals surface area contributed by atoms with E-state index in [4.69, 9.17) is 0 Å². The molecule has 1 N–H and O–H groups in total. The van der Waals surface area contributed by atoms with Gasteiger partial charge in [-0.1, -0.05) is 26.0 Å². The molecule has 0 saturated heterocycles. The smallest absolute Gasteiger partial charge is 0.269 e. The van der Waals surface area contributed by atoms with Crippen LogP contribution < -0.4 is 5.32 Å². The SMILES string of the molecule is CC(C)CC(=O)Nc1ccc(C(=O)CN2C(=O)c3ccccc3S2(=O)=O)cc1. The highest BCUT2D eigenvalue weighted by Gasteiger charge is 2.41. The summed E-state index contributed by atoms with van der Waals surface area (Å²) in [5.74, 6) is -1.11. The molecule has 0 atom stereocenters. The number of nitrogens with one attached hydrogen (secondary N) is 1. The molecule has 0 bridgehead atoms. The maximum Gasteiger partial charge on any atom is 0.269 e. The molecule has 3 rings (SSSR count). The highest BCUT2D eigenvalue weighted by molar-refractivity contribution is 7.90. The largest absolute Gasteiger partial charge is 0.326 e. The Morgan fingerprint density at radius 2 is 1.68 bits per heavy atom. The summed E-state index contributed by atoms with van der Waals surface area (Å²) >= 11 is 0. The number of anilines is 1. The van der Waals surface area contributed by atoms with Gasteiger partial charge in [-0.05, 0) is 42.3 Å². The minimum atomic E-state index is -4.03. The fourth-order valence-corrected chi connectivity index (χ4v) is 4.46. The zero-order valence-electron chi connectivity index (χ0n) is 15.5. The Morgan fingerprint density at radius 3 is 2.29 bits per heavy atom. The van der Waals surface area contributed by atoms with Crippen LogP contribution >= 0.6 is 0 Å². The minimum Gasteiger partial charge on any atom is -0.326 e. The van der Waals surface area contributed by atoms with Crippen LogP contribution in [-0.4, -0.2) is 36.9 Å². The lowest BCUT2D eigenvalue weighted by molar-refractivity contribution is -0.116. The molecular weight excluding hydrogens is 380 g/mol. The number of rotatable bonds is 6. The second kappa shape index (κ2) is 7.55. The van der Waals surface area contributed by atoms with Gasteiger partial charge in [0, 0.05) is 17.7 Å². The lowest BCUT2D eigenvalue weighted by atomic mass is 10.1. The highest BCUT2D eigenvalue weighted by atomic mass is 32.2. The van der Waals surface area contributed by atoms with Crippen molar-refractivity contribution in [2.75, 3.05) is 11.9 Å². The van der Waals surface area contributed by atoms with Gasteiger partial charge in [0.15, 0.2) is 5.78 Å². The number of Topliss-reactive ketones (excluding diaryl/α,β-unsaturated/α-hetero) is 1. The number of amides is 2. The van der Waals surface area contributed by atoms with Crippen molar-refractivity contribution >= 4 is 33.3 Å². The Labute approximate surface area is 163 Å². The molecule has 0 fully saturated rings. The van der Waals surface area contributed by atoms with Crippen LogP contribution in [0.1, 0.15) is 41.0 Å². The first-order valence-corrected chi connectivity index (χ1v) is 10.2. The molecule has 146 valence electrons. The first-order valence-electron chi connectivity index (χ1n) is 8.79. The van der Waals surface area contributed by atoms with E-state index in [9.17, 15) is 22.8 Å². The summed E-state index contributed by atoms with van der Waals surface area (Å²) in [6, 6.07) is 12.0. The number of fused-ring (bicyclic) bond motifs is 1. The Bertz CT molecular complexity index is 1040. The highest BCUT2D eigenvalue weighted by Crippen LogP contribution is 2.30. The number of sulfonamides is 1. The van der Waals surface area contributed by atoms with Gasteiger partial charge in [0.2, 0.25) is 5.91 Å². The van der Waals surface area contributed by atoms with E-state index in [1.807, 2.05) is 13.8 Å². The summed E-state index contributed by atoms with van der Waals surface area (Å²) in [6.45, 7) is 3.30. The predicted molar refractivity (Wildman–Crippen MR) is 104 cm³/mol. The quantitative estimate of drug-likeness (QED) is 0.752. The average molecular weight is 400 g/mol. The van der Waals surface area contributed by atoms with Gasteiger partial charge in [0.25, 0.3) is 15.9 Å². The van der Waals surface area contributed by atoms with Crippen molar-refractivity contribution < 1.29 is 22.8 Å². The molecule has 2 aromatic rings. The normalized spacial score (nSPS) is 14.8. The number of carbonyl (C=O) groups excluding carboxylic acids is 3. The fraction of sp³-hybridized carbons (Fsp3) is 0.250. The molecule has 0 unspecified atom stereocenters. The molecule has 0 radical (unpaired) electrons. The second-order valence-electron chi connectivity index (χ2n) is 6.96. The van der Waals surface area contributed by atoms with Crippen LogP contribution in [0.15, 0.2) is 53.4 Å². The van der Waals surface area contributed by atoms with Gasteiger partial charge >= 0.3 is 0 Å². The van der Waals surface area contributed by atoms with Crippen LogP contribution in [0.4, 0.5) is 5.69 Å². The molecule has 2 aromatic carbocycles. The molecule has 1 aliphatic rings. The molecule has 0 aliphatic carbocycles. The van der Waals surface area contributed by atoms with E-state index in [0.717, 1.165) is 0 Å². The first-order chi connectivity index (χ1) is 13.2. The van der Waals surface area contributed by atoms with Crippen LogP contribution in [0.5, 0.6) is 0 Å². The Balaban J connectivity index is 1.72. The first kappa shape index (κ1) is 19.8. The van der Waals surface area contributed by atoms with E-state index in [2.05, 4.69) is 5.32 Å². The van der Waals surface area contributed by atoms with E-state index in [0.29, 0.717) is 16.4 Å². The number of nitrogens with zero attached hydrogens (tertiary/aromatic N) is 1. The second-order valence-corrected chi connectivity index (χ2v) is 8.79. The molecule has 1 heterocycles. The van der Waals surface area contributed by atoms with Gasteiger partial charge in [-0.3, -0.25) is 14.4 Å². The monoisotopic (exact) mass is 400 g/mol. The molecule has 0 aromatic heterocycles. The third-order valence-corrected chi connectivity index (χ3v) is 6.07. The van der Waals surface area contributed by atoms with Gasteiger partial charge in [-0.25, -0.2) is 12.7 Å². The van der Waals surface area contributed by atoms with Crippen LogP contribution in [0.3, 0.4) is 0 Å². The summed E-state index contributed by atoms with van der Waals surface area (Å²) in [6.07, 6.45) is 0.385. The fourth-order valence-electron chi connectivity index (χ4n) is 2.93. The third kappa shape index (κ3) is 3.82. The molecular formula is C20H20N2O5S. The van der Waals surface area contributed by atoms with Crippen molar-refractivity contribution in [2.45, 2.75) is 25.2 Å². The van der Waals surface area contributed by atoms with E-state index in [1.165, 1.54) is 30.3 Å². The van der Waals surface area contributed by atoms with Crippen LogP contribution in [0.2, 0.25) is 0 Å². The number of carbonyl (C=O) groups is 3. The lowest BCUT2D eigenvalue weighted by Crippen LogP contribution is -2.35. The van der Waals surface area contributed by atoms with E-state index < -0.39 is 28.3 Å². The maximum atomic E-state index is 12.5. The molecule has 2 amide bonds. The molecule has 0 saturated carbocycles. The summed E-state index contributed by atoms with van der Waals surface area (Å²) in [5, 5.41) is 2.73. The molecule has 8 heteroatoms. The van der Waals surface area contributed by atoms with Gasteiger partial charge in [-0.15, -0.1) is 0 Å². The third-order valence-electron chi connectivity index (χ3n) is 4.28. The zero-order valence-corrected chi connectivity index (χ0v) is 16.3. The Hall–Kier alpha value is -3.00. The summed E-state index contributed by atoms with van der Waals surface area (Å²) in [7, 11) is -4.03. The van der Waals surface area contributed by atoms with E-state index >= 15 is 0 Å². The molecule has 1 aliphatic heterocycles. The van der Waals surface area contributed by atoms with Crippen molar-refractivity contribution in [3.05, 3.63) is 59.7 Å². The van der Waals surface area contributed by atoms with Gasteiger partial charge in [-0.2, -0.15) is 0 Å². The number of benzene rings is 2. The molecule has 0 spiro atoms. The van der Waals surface area contributed by atoms with E-state index in [-0.39, 0.29) is 27.8 Å². The van der Waals surface area contributed by atoms with Crippen molar-refractivity contribution in [1.82, 2.24) is 4.31 Å². The topological polar surface area (TPSA) is 101 Å². The Morgan fingerprint density at radius 1 is 1.04 bits per heavy atom. The van der Waals surface area contributed by atoms with Crippen molar-refractivity contribution in [2.24, 2.45) is 5.92 Å². The lowest BCUT2D eigenvalue weighted by Gasteiger charge is -2.14. The number of hydrogen-bond acceptors (Lipinski definition) is 5. The van der Waals surface area contributed by atoms with E-state index in [1.54, 1.807) is 18.2 Å². The Kier molecular flexibility index (Phi) is 5.33.